The summed E-state index contributed by atoms with van der Waals surface area (Å²) in [5.74, 6) is -0.170. The molecule has 0 aliphatic carbocycles. The maximum absolute atomic E-state index is 12.4. The molecule has 0 saturated carbocycles. The Morgan fingerprint density at radius 2 is 1.80 bits per heavy atom. The van der Waals surface area contributed by atoms with Gasteiger partial charge in [-0.15, -0.1) is 0 Å². The third kappa shape index (κ3) is 3.16. The topological polar surface area (TPSA) is 69.1 Å². The van der Waals surface area contributed by atoms with Crippen LogP contribution in [0.1, 0.15) is 15.9 Å². The van der Waals surface area contributed by atoms with Gasteiger partial charge in [0.15, 0.2) is 0 Å². The molecule has 0 atom stereocenters. The second kappa shape index (κ2) is 6.41. The van der Waals surface area contributed by atoms with Crippen LogP contribution in [0.5, 0.6) is 0 Å². The monoisotopic (exact) mass is 266 g/mol. The summed E-state index contributed by atoms with van der Waals surface area (Å²) in [7, 11) is 1.72. The van der Waals surface area contributed by atoms with Crippen molar-refractivity contribution in [3.63, 3.8) is 0 Å². The number of amides is 1. The zero-order valence-corrected chi connectivity index (χ0v) is 11.1. The molecule has 2 aromatic rings. The van der Waals surface area contributed by atoms with E-state index in [1.165, 1.54) is 0 Å². The largest absolute Gasteiger partial charge is 0.337 e. The Morgan fingerprint density at radius 1 is 1.15 bits per heavy atom. The van der Waals surface area contributed by atoms with E-state index in [4.69, 9.17) is 5.53 Å². The van der Waals surface area contributed by atoms with E-state index >= 15 is 0 Å². The molecule has 0 N–H and O–H groups in total. The fraction of sp³-hybridized carbons (Fsp3) is 0.133. The van der Waals surface area contributed by atoms with Gasteiger partial charge in [0.1, 0.15) is 0 Å². The first-order valence-electron chi connectivity index (χ1n) is 6.16. The Morgan fingerprint density at radius 3 is 2.50 bits per heavy atom. The quantitative estimate of drug-likeness (QED) is 0.470. The first-order chi connectivity index (χ1) is 9.72. The van der Waals surface area contributed by atoms with Gasteiger partial charge in [0.2, 0.25) is 0 Å². The minimum atomic E-state index is -0.170. The minimum Gasteiger partial charge on any atom is -0.337 e. The minimum absolute atomic E-state index is 0.170. The van der Waals surface area contributed by atoms with Crippen molar-refractivity contribution >= 4 is 11.6 Å². The molecule has 0 fully saturated rings. The molecule has 1 amide bonds. The van der Waals surface area contributed by atoms with Crippen LogP contribution in [0.2, 0.25) is 0 Å². The Hall–Kier alpha value is -2.78. The average molecular weight is 266 g/mol. The fourth-order valence-corrected chi connectivity index (χ4v) is 1.92. The number of rotatable bonds is 4. The van der Waals surface area contributed by atoms with Crippen molar-refractivity contribution in [1.82, 2.24) is 4.90 Å². The number of carbonyl (C=O) groups is 1. The highest BCUT2D eigenvalue weighted by Gasteiger charge is 2.14. The van der Waals surface area contributed by atoms with Gasteiger partial charge in [-0.05, 0) is 17.2 Å². The van der Waals surface area contributed by atoms with E-state index in [-0.39, 0.29) is 5.91 Å². The number of azide groups is 1. The van der Waals surface area contributed by atoms with Crippen molar-refractivity contribution in [3.05, 3.63) is 76.2 Å². The molecule has 0 aromatic heterocycles. The third-order valence-corrected chi connectivity index (χ3v) is 2.90. The maximum atomic E-state index is 12.4. The summed E-state index contributed by atoms with van der Waals surface area (Å²) in [5, 5.41) is 3.55. The Kier molecular flexibility index (Phi) is 4.37. The van der Waals surface area contributed by atoms with Crippen LogP contribution in [0, 0.1) is 0 Å². The zero-order chi connectivity index (χ0) is 14.4. The van der Waals surface area contributed by atoms with Gasteiger partial charge in [0.05, 0.1) is 5.69 Å². The van der Waals surface area contributed by atoms with Crippen LogP contribution in [0.15, 0.2) is 59.7 Å². The SMILES string of the molecule is CN(Cc1ccccc1)C(=O)c1ccccc1N=[N+]=[N-]. The van der Waals surface area contributed by atoms with Crippen LogP contribution in [-0.4, -0.2) is 17.9 Å². The van der Waals surface area contributed by atoms with Crippen LogP contribution in [0.3, 0.4) is 0 Å². The van der Waals surface area contributed by atoms with Crippen molar-refractivity contribution in [1.29, 1.82) is 0 Å². The van der Waals surface area contributed by atoms with Gasteiger partial charge in [-0.1, -0.05) is 53.6 Å². The molecular formula is C15H14N4O. The first-order valence-corrected chi connectivity index (χ1v) is 6.16. The van der Waals surface area contributed by atoms with Crippen molar-refractivity contribution in [2.24, 2.45) is 5.11 Å². The van der Waals surface area contributed by atoms with Crippen molar-refractivity contribution in [2.75, 3.05) is 7.05 Å². The molecule has 0 radical (unpaired) electrons. The van der Waals surface area contributed by atoms with Crippen LogP contribution in [-0.2, 0) is 6.54 Å². The smallest absolute Gasteiger partial charge is 0.254 e. The molecule has 20 heavy (non-hydrogen) atoms. The molecule has 5 nitrogen and oxygen atoms in total. The van der Waals surface area contributed by atoms with E-state index in [2.05, 4.69) is 10.0 Å². The van der Waals surface area contributed by atoms with E-state index in [1.807, 2.05) is 30.3 Å². The van der Waals surface area contributed by atoms with Crippen molar-refractivity contribution in [2.45, 2.75) is 6.54 Å². The van der Waals surface area contributed by atoms with Gasteiger partial charge < -0.3 is 4.90 Å². The molecule has 2 aromatic carbocycles. The van der Waals surface area contributed by atoms with Crippen molar-refractivity contribution in [3.8, 4) is 0 Å². The number of hydrogen-bond donors (Lipinski definition) is 0. The lowest BCUT2D eigenvalue weighted by Gasteiger charge is -2.18. The molecular weight excluding hydrogens is 252 g/mol. The fourth-order valence-electron chi connectivity index (χ4n) is 1.92. The summed E-state index contributed by atoms with van der Waals surface area (Å²) in [6.07, 6.45) is 0. The normalized spacial score (nSPS) is 9.65. The highest BCUT2D eigenvalue weighted by molar-refractivity contribution is 5.98. The summed E-state index contributed by atoms with van der Waals surface area (Å²) in [6, 6.07) is 16.5. The molecule has 0 saturated heterocycles. The zero-order valence-electron chi connectivity index (χ0n) is 11.1. The van der Waals surface area contributed by atoms with Gasteiger partial charge in [-0.2, -0.15) is 0 Å². The Balaban J connectivity index is 2.21. The number of nitrogens with zero attached hydrogens (tertiary/aromatic N) is 4. The molecule has 0 spiro atoms. The highest BCUT2D eigenvalue weighted by Crippen LogP contribution is 2.20. The summed E-state index contributed by atoms with van der Waals surface area (Å²) < 4.78 is 0. The predicted octanol–water partition coefficient (Wildman–Crippen LogP) is 3.90. The van der Waals surface area contributed by atoms with Crippen LogP contribution < -0.4 is 0 Å². The van der Waals surface area contributed by atoms with E-state index < -0.39 is 0 Å². The summed E-state index contributed by atoms with van der Waals surface area (Å²) in [4.78, 5) is 16.7. The van der Waals surface area contributed by atoms with Crippen molar-refractivity contribution < 1.29 is 4.79 Å². The molecule has 0 unspecified atom stereocenters. The predicted molar refractivity (Wildman–Crippen MR) is 77.5 cm³/mol. The van der Waals surface area contributed by atoms with Crippen LogP contribution in [0.25, 0.3) is 10.4 Å². The van der Waals surface area contributed by atoms with Gasteiger partial charge in [0, 0.05) is 24.1 Å². The van der Waals surface area contributed by atoms with Crippen LogP contribution >= 0.6 is 0 Å². The lowest BCUT2D eigenvalue weighted by atomic mass is 10.1. The van der Waals surface area contributed by atoms with Crippen LogP contribution in [0.4, 0.5) is 5.69 Å². The van der Waals surface area contributed by atoms with Gasteiger partial charge in [-0.3, -0.25) is 4.79 Å². The van der Waals surface area contributed by atoms with Gasteiger partial charge in [0.25, 0.3) is 5.91 Å². The molecule has 5 heteroatoms. The molecule has 100 valence electrons. The van der Waals surface area contributed by atoms with Gasteiger partial charge in [-0.25, -0.2) is 0 Å². The summed E-state index contributed by atoms with van der Waals surface area (Å²) in [6.45, 7) is 0.504. The van der Waals surface area contributed by atoms with E-state index in [1.54, 1.807) is 36.2 Å². The maximum Gasteiger partial charge on any atom is 0.254 e. The number of carbonyl (C=O) groups excluding carboxylic acids is 1. The third-order valence-electron chi connectivity index (χ3n) is 2.90. The second-order valence-corrected chi connectivity index (χ2v) is 4.35. The van der Waals surface area contributed by atoms with E-state index in [9.17, 15) is 4.79 Å². The summed E-state index contributed by atoms with van der Waals surface area (Å²) in [5.41, 5.74) is 10.3. The van der Waals surface area contributed by atoms with E-state index in [0.717, 1.165) is 5.56 Å². The first kappa shape index (κ1) is 13.6. The molecule has 0 heterocycles. The standard InChI is InChI=1S/C15H14N4O/c1-19(11-12-7-3-2-4-8-12)15(20)13-9-5-6-10-14(13)17-18-16/h2-10H,11H2,1H3. The highest BCUT2D eigenvalue weighted by atomic mass is 16.2. The Labute approximate surface area is 117 Å². The second-order valence-electron chi connectivity index (χ2n) is 4.35. The lowest BCUT2D eigenvalue weighted by Crippen LogP contribution is -2.26. The number of hydrogen-bond acceptors (Lipinski definition) is 2. The summed E-state index contributed by atoms with van der Waals surface area (Å²) >= 11 is 0. The number of benzene rings is 2. The lowest BCUT2D eigenvalue weighted by molar-refractivity contribution is 0.0786. The van der Waals surface area contributed by atoms with E-state index in [0.29, 0.717) is 17.8 Å². The average Bonchev–Trinajstić information content (AvgIpc) is 2.48. The molecule has 0 bridgehead atoms. The molecule has 2 rings (SSSR count). The Bertz CT molecular complexity index is 648. The molecule has 0 aliphatic rings. The molecule has 0 aliphatic heterocycles. The van der Waals surface area contributed by atoms with Gasteiger partial charge >= 0.3 is 0 Å².